The van der Waals surface area contributed by atoms with E-state index in [4.69, 9.17) is 4.74 Å². The molecule has 0 amide bonds. The highest BCUT2D eigenvalue weighted by atomic mass is 79.9. The minimum absolute atomic E-state index is 0.118. The first-order valence-corrected chi connectivity index (χ1v) is 6.04. The van der Waals surface area contributed by atoms with Gasteiger partial charge in [-0.2, -0.15) is 0 Å². The first-order valence-electron chi connectivity index (χ1n) is 5.12. The summed E-state index contributed by atoms with van der Waals surface area (Å²) in [5.41, 5.74) is 0.720. The van der Waals surface area contributed by atoms with Crippen molar-refractivity contribution < 1.29 is 9.66 Å². The molecule has 1 aliphatic rings. The average molecular weight is 286 g/mol. The molecule has 1 fully saturated rings. The van der Waals surface area contributed by atoms with Crippen LogP contribution >= 0.6 is 15.9 Å². The van der Waals surface area contributed by atoms with Crippen LogP contribution < -0.4 is 4.74 Å². The summed E-state index contributed by atoms with van der Waals surface area (Å²) in [6, 6.07) is 4.94. The van der Waals surface area contributed by atoms with Gasteiger partial charge in [-0.1, -0.05) is 22.0 Å². The Hall–Kier alpha value is -1.10. The molecule has 16 heavy (non-hydrogen) atoms. The molecule has 1 aliphatic carbocycles. The Morgan fingerprint density at radius 3 is 2.75 bits per heavy atom. The molecule has 0 spiro atoms. The fourth-order valence-electron chi connectivity index (χ4n) is 1.71. The Bertz CT molecular complexity index is 416. The van der Waals surface area contributed by atoms with Gasteiger partial charge in [0.05, 0.1) is 10.5 Å². The quantitative estimate of drug-likeness (QED) is 0.487. The van der Waals surface area contributed by atoms with Crippen LogP contribution in [0.2, 0.25) is 0 Å². The highest BCUT2D eigenvalue weighted by Crippen LogP contribution is 2.34. The Kier molecular flexibility index (Phi) is 3.14. The molecule has 5 heteroatoms. The van der Waals surface area contributed by atoms with Crippen LogP contribution in [0.15, 0.2) is 18.2 Å². The fourth-order valence-corrected chi connectivity index (χ4v) is 2.54. The second-order valence-electron chi connectivity index (χ2n) is 3.97. The number of hydrogen-bond donors (Lipinski definition) is 0. The number of nitro groups is 1. The average Bonchev–Trinajstić information content (AvgIpc) is 2.18. The zero-order valence-electron chi connectivity index (χ0n) is 8.85. The molecular weight excluding hydrogens is 274 g/mol. The molecule has 1 aromatic carbocycles. The third-order valence-electron chi connectivity index (χ3n) is 2.78. The van der Waals surface area contributed by atoms with E-state index >= 15 is 0 Å². The molecule has 0 bridgehead atoms. The summed E-state index contributed by atoms with van der Waals surface area (Å²) >= 11 is 3.48. The molecule has 0 radical (unpaired) electrons. The van der Waals surface area contributed by atoms with Gasteiger partial charge in [0, 0.05) is 10.9 Å². The predicted molar refractivity (Wildman–Crippen MR) is 64.2 cm³/mol. The largest absolute Gasteiger partial charge is 0.490 e. The normalized spacial score (nSPS) is 23.6. The van der Waals surface area contributed by atoms with E-state index in [2.05, 4.69) is 15.9 Å². The fraction of sp³-hybridized carbons (Fsp3) is 0.455. The van der Waals surface area contributed by atoms with E-state index in [1.807, 2.05) is 0 Å². The van der Waals surface area contributed by atoms with Crippen molar-refractivity contribution in [1.82, 2.24) is 0 Å². The molecular formula is C11H12BrNO3. The van der Waals surface area contributed by atoms with Gasteiger partial charge in [0.1, 0.15) is 11.9 Å². The molecule has 0 N–H and O–H groups in total. The lowest BCUT2D eigenvalue weighted by Gasteiger charge is -2.31. The van der Waals surface area contributed by atoms with Crippen LogP contribution in [0, 0.1) is 17.0 Å². The molecule has 0 atom stereocenters. The van der Waals surface area contributed by atoms with Crippen molar-refractivity contribution >= 4 is 21.6 Å². The lowest BCUT2D eigenvalue weighted by Crippen LogP contribution is -2.34. The first-order chi connectivity index (χ1) is 7.58. The number of nitrogens with zero attached hydrogens (tertiary/aromatic N) is 1. The molecule has 1 aromatic rings. The zero-order chi connectivity index (χ0) is 11.7. The van der Waals surface area contributed by atoms with Crippen LogP contribution in [0.1, 0.15) is 18.4 Å². The molecule has 0 aromatic heterocycles. The van der Waals surface area contributed by atoms with Crippen LogP contribution in [0.4, 0.5) is 5.69 Å². The van der Waals surface area contributed by atoms with Crippen molar-refractivity contribution in [2.45, 2.75) is 30.7 Å². The Morgan fingerprint density at radius 1 is 1.50 bits per heavy atom. The Labute approximate surface area is 102 Å². The number of benzene rings is 1. The van der Waals surface area contributed by atoms with Gasteiger partial charge >= 0.3 is 0 Å². The maximum Gasteiger partial charge on any atom is 0.276 e. The first kappa shape index (κ1) is 11.4. The van der Waals surface area contributed by atoms with Gasteiger partial charge in [-0.15, -0.1) is 0 Å². The van der Waals surface area contributed by atoms with Crippen LogP contribution in [-0.2, 0) is 0 Å². The van der Waals surface area contributed by atoms with Gasteiger partial charge in [-0.25, -0.2) is 0 Å². The number of alkyl halides is 1. The van der Waals surface area contributed by atoms with E-state index in [-0.39, 0.29) is 16.7 Å². The summed E-state index contributed by atoms with van der Waals surface area (Å²) in [6.45, 7) is 1.72. The second kappa shape index (κ2) is 4.41. The van der Waals surface area contributed by atoms with Crippen molar-refractivity contribution in [3.8, 4) is 5.75 Å². The SMILES string of the molecule is Cc1c(OC2CC(Br)C2)cccc1[N+](=O)[O-]. The van der Waals surface area contributed by atoms with Crippen LogP contribution in [0.25, 0.3) is 0 Å². The minimum atomic E-state index is -0.379. The Balaban J connectivity index is 2.15. The molecule has 4 nitrogen and oxygen atoms in total. The van der Waals surface area contributed by atoms with Crippen LogP contribution in [0.3, 0.4) is 0 Å². The molecule has 0 unspecified atom stereocenters. The molecule has 0 heterocycles. The molecule has 0 aliphatic heterocycles. The molecule has 86 valence electrons. The number of rotatable bonds is 3. The van der Waals surface area contributed by atoms with Crippen molar-refractivity contribution in [1.29, 1.82) is 0 Å². The summed E-state index contributed by atoms with van der Waals surface area (Å²) in [5.74, 6) is 0.624. The van der Waals surface area contributed by atoms with Gasteiger partial charge in [0.2, 0.25) is 0 Å². The van der Waals surface area contributed by atoms with E-state index in [0.29, 0.717) is 16.1 Å². The molecule has 0 saturated heterocycles. The van der Waals surface area contributed by atoms with Gasteiger partial charge in [0.25, 0.3) is 5.69 Å². The van der Waals surface area contributed by atoms with E-state index in [0.717, 1.165) is 12.8 Å². The van der Waals surface area contributed by atoms with Gasteiger partial charge in [0.15, 0.2) is 0 Å². The van der Waals surface area contributed by atoms with Crippen molar-refractivity contribution in [3.63, 3.8) is 0 Å². The lowest BCUT2D eigenvalue weighted by atomic mass is 9.96. The smallest absolute Gasteiger partial charge is 0.276 e. The van der Waals surface area contributed by atoms with Gasteiger partial charge in [-0.3, -0.25) is 10.1 Å². The van der Waals surface area contributed by atoms with Gasteiger partial charge in [-0.05, 0) is 25.8 Å². The standard InChI is InChI=1S/C11H12BrNO3/c1-7-10(13(14)15)3-2-4-11(7)16-9-5-8(12)6-9/h2-4,8-9H,5-6H2,1H3. The van der Waals surface area contributed by atoms with Crippen LogP contribution in [0.5, 0.6) is 5.75 Å². The third kappa shape index (κ3) is 2.19. The summed E-state index contributed by atoms with van der Waals surface area (Å²) < 4.78 is 5.71. The van der Waals surface area contributed by atoms with E-state index < -0.39 is 0 Å². The van der Waals surface area contributed by atoms with Crippen molar-refractivity contribution in [2.24, 2.45) is 0 Å². The number of halogens is 1. The van der Waals surface area contributed by atoms with Crippen molar-refractivity contribution in [2.75, 3.05) is 0 Å². The van der Waals surface area contributed by atoms with Crippen LogP contribution in [-0.4, -0.2) is 15.9 Å². The van der Waals surface area contributed by atoms with E-state index in [9.17, 15) is 10.1 Å². The minimum Gasteiger partial charge on any atom is -0.490 e. The maximum atomic E-state index is 10.7. The van der Waals surface area contributed by atoms with E-state index in [1.54, 1.807) is 19.1 Å². The summed E-state index contributed by atoms with van der Waals surface area (Å²) in [7, 11) is 0. The molecule has 2 rings (SSSR count). The Morgan fingerprint density at radius 2 is 2.19 bits per heavy atom. The monoisotopic (exact) mass is 285 g/mol. The third-order valence-corrected chi connectivity index (χ3v) is 3.53. The number of ether oxygens (including phenoxy) is 1. The predicted octanol–water partition coefficient (Wildman–Crippen LogP) is 3.21. The van der Waals surface area contributed by atoms with E-state index in [1.165, 1.54) is 6.07 Å². The molecule has 1 saturated carbocycles. The second-order valence-corrected chi connectivity index (χ2v) is 5.26. The van der Waals surface area contributed by atoms with Gasteiger partial charge < -0.3 is 4.74 Å². The summed E-state index contributed by atoms with van der Waals surface area (Å²) in [6.07, 6.45) is 2.11. The highest BCUT2D eigenvalue weighted by Gasteiger charge is 2.29. The summed E-state index contributed by atoms with van der Waals surface area (Å²) in [5, 5.41) is 10.7. The number of hydrogen-bond acceptors (Lipinski definition) is 3. The van der Waals surface area contributed by atoms with Crippen molar-refractivity contribution in [3.05, 3.63) is 33.9 Å². The highest BCUT2D eigenvalue weighted by molar-refractivity contribution is 9.09. The zero-order valence-corrected chi connectivity index (χ0v) is 10.4. The maximum absolute atomic E-state index is 10.7. The summed E-state index contributed by atoms with van der Waals surface area (Å²) in [4.78, 5) is 10.9. The lowest BCUT2D eigenvalue weighted by molar-refractivity contribution is -0.385. The number of nitro benzene ring substituents is 1. The topological polar surface area (TPSA) is 52.4 Å².